The van der Waals surface area contributed by atoms with Gasteiger partial charge in [0.2, 0.25) is 11.8 Å². The standard InChI is InChI=1S/C17H22N2O2/c1-12(13-6-4-3-5-7-13)10-19-11-15(20)18-17(2,16(19)21)14-8-9-14/h3-7,12,14H,8-11H2,1-2H3,(H,18,20). The van der Waals surface area contributed by atoms with Crippen molar-refractivity contribution in [1.82, 2.24) is 10.2 Å². The van der Waals surface area contributed by atoms with Gasteiger partial charge in [0.05, 0.1) is 6.54 Å². The van der Waals surface area contributed by atoms with E-state index in [0.29, 0.717) is 12.5 Å². The normalized spacial score (nSPS) is 27.4. The SMILES string of the molecule is CC(CN1CC(=O)NC(C)(C2CC2)C1=O)c1ccccc1. The number of nitrogens with zero attached hydrogens (tertiary/aromatic N) is 1. The van der Waals surface area contributed by atoms with Crippen molar-refractivity contribution < 1.29 is 9.59 Å². The Morgan fingerprint density at radius 2 is 1.95 bits per heavy atom. The number of carbonyl (C=O) groups is 2. The fourth-order valence-electron chi connectivity index (χ4n) is 3.26. The lowest BCUT2D eigenvalue weighted by Gasteiger charge is -2.41. The van der Waals surface area contributed by atoms with Crippen molar-refractivity contribution in [1.29, 1.82) is 0 Å². The van der Waals surface area contributed by atoms with Gasteiger partial charge in [-0.05, 0) is 37.2 Å². The highest BCUT2D eigenvalue weighted by molar-refractivity contribution is 5.98. The molecular weight excluding hydrogens is 264 g/mol. The molecule has 2 atom stereocenters. The maximum atomic E-state index is 12.8. The lowest BCUT2D eigenvalue weighted by atomic mass is 9.90. The Morgan fingerprint density at radius 1 is 1.29 bits per heavy atom. The zero-order chi connectivity index (χ0) is 15.0. The lowest BCUT2D eigenvalue weighted by Crippen LogP contribution is -2.66. The van der Waals surface area contributed by atoms with Crippen LogP contribution in [0.4, 0.5) is 0 Å². The summed E-state index contributed by atoms with van der Waals surface area (Å²) in [6, 6.07) is 10.1. The highest BCUT2D eigenvalue weighted by Crippen LogP contribution is 2.41. The van der Waals surface area contributed by atoms with E-state index in [-0.39, 0.29) is 24.3 Å². The number of carbonyl (C=O) groups excluding carboxylic acids is 2. The molecule has 1 aromatic carbocycles. The maximum Gasteiger partial charge on any atom is 0.248 e. The van der Waals surface area contributed by atoms with Crippen LogP contribution in [0, 0.1) is 5.92 Å². The molecule has 2 unspecified atom stereocenters. The monoisotopic (exact) mass is 286 g/mol. The second-order valence-corrected chi connectivity index (χ2v) is 6.52. The molecule has 4 nitrogen and oxygen atoms in total. The number of rotatable bonds is 4. The lowest BCUT2D eigenvalue weighted by molar-refractivity contribution is -0.150. The molecule has 0 spiro atoms. The molecule has 112 valence electrons. The van der Waals surface area contributed by atoms with Crippen LogP contribution in [0.25, 0.3) is 0 Å². The van der Waals surface area contributed by atoms with Crippen molar-refractivity contribution in [2.75, 3.05) is 13.1 Å². The molecule has 1 N–H and O–H groups in total. The van der Waals surface area contributed by atoms with Gasteiger partial charge in [-0.25, -0.2) is 0 Å². The minimum absolute atomic E-state index is 0.0377. The van der Waals surface area contributed by atoms with Crippen LogP contribution in [0.15, 0.2) is 30.3 Å². The molecule has 2 amide bonds. The summed E-state index contributed by atoms with van der Waals surface area (Å²) in [5.41, 5.74) is 0.510. The van der Waals surface area contributed by atoms with Crippen LogP contribution in [0.2, 0.25) is 0 Å². The maximum absolute atomic E-state index is 12.8. The average molecular weight is 286 g/mol. The molecule has 2 fully saturated rings. The second-order valence-electron chi connectivity index (χ2n) is 6.52. The molecule has 1 saturated carbocycles. The highest BCUT2D eigenvalue weighted by Gasteiger charge is 2.52. The Hall–Kier alpha value is -1.84. The molecule has 21 heavy (non-hydrogen) atoms. The molecule has 1 heterocycles. The van der Waals surface area contributed by atoms with Gasteiger partial charge in [-0.2, -0.15) is 0 Å². The third-order valence-electron chi connectivity index (χ3n) is 4.72. The number of piperazine rings is 1. The molecule has 1 aliphatic carbocycles. The van der Waals surface area contributed by atoms with Gasteiger partial charge in [0.25, 0.3) is 0 Å². The summed E-state index contributed by atoms with van der Waals surface area (Å²) < 4.78 is 0. The first-order valence-corrected chi connectivity index (χ1v) is 7.66. The smallest absolute Gasteiger partial charge is 0.248 e. The first-order chi connectivity index (χ1) is 10.0. The van der Waals surface area contributed by atoms with Crippen molar-refractivity contribution in [3.05, 3.63) is 35.9 Å². The minimum atomic E-state index is -0.689. The van der Waals surface area contributed by atoms with Gasteiger partial charge < -0.3 is 10.2 Å². The van der Waals surface area contributed by atoms with E-state index in [4.69, 9.17) is 0 Å². The molecule has 0 bridgehead atoms. The van der Waals surface area contributed by atoms with Crippen LogP contribution >= 0.6 is 0 Å². The number of nitrogens with one attached hydrogen (secondary N) is 1. The van der Waals surface area contributed by atoms with Crippen LogP contribution in [0.5, 0.6) is 0 Å². The van der Waals surface area contributed by atoms with Gasteiger partial charge in [0, 0.05) is 6.54 Å². The molecular formula is C17H22N2O2. The average Bonchev–Trinajstić information content (AvgIpc) is 3.30. The van der Waals surface area contributed by atoms with Crippen molar-refractivity contribution >= 4 is 11.8 Å². The van der Waals surface area contributed by atoms with Crippen molar-refractivity contribution in [2.24, 2.45) is 5.92 Å². The largest absolute Gasteiger partial charge is 0.340 e. The molecule has 1 aromatic rings. The Kier molecular flexibility index (Phi) is 3.47. The highest BCUT2D eigenvalue weighted by atomic mass is 16.2. The summed E-state index contributed by atoms with van der Waals surface area (Å²) >= 11 is 0. The Labute approximate surface area is 125 Å². The van der Waals surface area contributed by atoms with E-state index in [0.717, 1.165) is 12.8 Å². The minimum Gasteiger partial charge on any atom is -0.340 e. The molecule has 3 rings (SSSR count). The predicted molar refractivity (Wildman–Crippen MR) is 80.7 cm³/mol. The van der Waals surface area contributed by atoms with E-state index in [1.807, 2.05) is 25.1 Å². The number of amides is 2. The Bertz CT molecular complexity index is 553. The summed E-state index contributed by atoms with van der Waals surface area (Å²) in [5.74, 6) is 0.574. The molecule has 1 saturated heterocycles. The summed E-state index contributed by atoms with van der Waals surface area (Å²) in [5, 5.41) is 2.92. The zero-order valence-corrected chi connectivity index (χ0v) is 12.6. The van der Waals surface area contributed by atoms with E-state index in [2.05, 4.69) is 24.4 Å². The summed E-state index contributed by atoms with van der Waals surface area (Å²) in [4.78, 5) is 26.5. The van der Waals surface area contributed by atoms with Crippen molar-refractivity contribution in [3.8, 4) is 0 Å². The molecule has 1 aliphatic heterocycles. The third-order valence-corrected chi connectivity index (χ3v) is 4.72. The number of benzene rings is 1. The summed E-state index contributed by atoms with van der Waals surface area (Å²) in [6.45, 7) is 4.75. The van der Waals surface area contributed by atoms with Crippen LogP contribution in [0.3, 0.4) is 0 Å². The van der Waals surface area contributed by atoms with E-state index >= 15 is 0 Å². The van der Waals surface area contributed by atoms with Gasteiger partial charge >= 0.3 is 0 Å². The fourth-order valence-corrected chi connectivity index (χ4v) is 3.26. The van der Waals surface area contributed by atoms with Gasteiger partial charge in [-0.3, -0.25) is 9.59 Å². The van der Waals surface area contributed by atoms with Crippen LogP contribution in [-0.2, 0) is 9.59 Å². The Morgan fingerprint density at radius 3 is 2.57 bits per heavy atom. The van der Waals surface area contributed by atoms with E-state index in [1.165, 1.54) is 5.56 Å². The Balaban J connectivity index is 1.75. The van der Waals surface area contributed by atoms with Crippen LogP contribution < -0.4 is 5.32 Å². The molecule has 0 radical (unpaired) electrons. The number of hydrogen-bond acceptors (Lipinski definition) is 2. The predicted octanol–water partition coefficient (Wildman–Crippen LogP) is 1.92. The first-order valence-electron chi connectivity index (χ1n) is 7.66. The van der Waals surface area contributed by atoms with Gasteiger partial charge in [-0.1, -0.05) is 37.3 Å². The van der Waals surface area contributed by atoms with E-state index in [1.54, 1.807) is 4.90 Å². The van der Waals surface area contributed by atoms with Crippen LogP contribution in [0.1, 0.15) is 38.2 Å². The molecule has 4 heteroatoms. The quantitative estimate of drug-likeness (QED) is 0.919. The zero-order valence-electron chi connectivity index (χ0n) is 12.6. The molecule has 2 aliphatic rings. The first kappa shape index (κ1) is 14.1. The third kappa shape index (κ3) is 2.67. The second kappa shape index (κ2) is 5.17. The van der Waals surface area contributed by atoms with Crippen molar-refractivity contribution in [2.45, 2.75) is 38.1 Å². The van der Waals surface area contributed by atoms with Crippen LogP contribution in [-0.4, -0.2) is 35.3 Å². The summed E-state index contributed by atoms with van der Waals surface area (Å²) in [6.07, 6.45) is 2.06. The van der Waals surface area contributed by atoms with E-state index < -0.39 is 5.54 Å². The van der Waals surface area contributed by atoms with E-state index in [9.17, 15) is 9.59 Å². The fraction of sp³-hybridized carbons (Fsp3) is 0.529. The van der Waals surface area contributed by atoms with Gasteiger partial charge in [0.1, 0.15) is 5.54 Å². The number of hydrogen-bond donors (Lipinski definition) is 1. The van der Waals surface area contributed by atoms with Gasteiger partial charge in [-0.15, -0.1) is 0 Å². The topological polar surface area (TPSA) is 49.4 Å². The molecule has 0 aromatic heterocycles. The van der Waals surface area contributed by atoms with Crippen molar-refractivity contribution in [3.63, 3.8) is 0 Å². The summed E-state index contributed by atoms with van der Waals surface area (Å²) in [7, 11) is 0. The van der Waals surface area contributed by atoms with Gasteiger partial charge in [0.15, 0.2) is 0 Å².